The largest absolute Gasteiger partial charge is 0.463 e. The fourth-order valence-corrected chi connectivity index (χ4v) is 2.91. The third-order valence-electron chi connectivity index (χ3n) is 4.37. The monoisotopic (exact) mass is 374 g/mol. The van der Waals surface area contributed by atoms with Crippen LogP contribution in [0, 0.1) is 0 Å². The molecule has 2 aromatic heterocycles. The smallest absolute Gasteiger partial charge is 0.432 e. The van der Waals surface area contributed by atoms with Gasteiger partial charge in [0.1, 0.15) is 5.82 Å². The summed E-state index contributed by atoms with van der Waals surface area (Å²) in [5, 5.41) is 16.9. The summed E-state index contributed by atoms with van der Waals surface area (Å²) in [5.41, 5.74) is 9.13. The predicted molar refractivity (Wildman–Crippen MR) is 107 cm³/mol. The number of nitrogens with one attached hydrogen (secondary N) is 1. The maximum Gasteiger partial charge on any atom is 0.432 e. The van der Waals surface area contributed by atoms with Crippen LogP contribution in [0.15, 0.2) is 60.9 Å². The molecule has 0 fully saturated rings. The predicted octanol–water partition coefficient (Wildman–Crippen LogP) is 3.78. The van der Waals surface area contributed by atoms with E-state index in [9.17, 15) is 4.79 Å². The Balaban J connectivity index is 1.59. The van der Waals surface area contributed by atoms with Gasteiger partial charge in [-0.2, -0.15) is 9.78 Å². The highest BCUT2D eigenvalue weighted by Gasteiger charge is 2.10. The van der Waals surface area contributed by atoms with Gasteiger partial charge in [-0.05, 0) is 36.8 Å². The van der Waals surface area contributed by atoms with E-state index in [1.807, 2.05) is 37.3 Å². The molecule has 0 aliphatic rings. The maximum atomic E-state index is 11.1. The summed E-state index contributed by atoms with van der Waals surface area (Å²) in [6.45, 7) is 1.94. The van der Waals surface area contributed by atoms with E-state index in [1.165, 1.54) is 6.20 Å². The fourth-order valence-electron chi connectivity index (χ4n) is 2.91. The molecule has 0 radical (unpaired) electrons. The number of carboxylic acid groups (broad SMARTS) is 1. The number of rotatable bonds is 4. The molecule has 4 N–H and O–H groups in total. The van der Waals surface area contributed by atoms with Crippen molar-refractivity contribution in [3.8, 4) is 11.4 Å². The van der Waals surface area contributed by atoms with Crippen molar-refractivity contribution >= 4 is 28.5 Å². The van der Waals surface area contributed by atoms with Crippen LogP contribution in [-0.4, -0.2) is 30.9 Å². The molecule has 0 aliphatic carbocycles. The van der Waals surface area contributed by atoms with Crippen molar-refractivity contribution in [3.05, 3.63) is 66.5 Å². The molecule has 4 aromatic rings. The normalized spacial score (nSPS) is 12.1. The molecule has 8 nitrogen and oxygen atoms in total. The van der Waals surface area contributed by atoms with Gasteiger partial charge >= 0.3 is 6.09 Å². The molecule has 1 unspecified atom stereocenters. The van der Waals surface area contributed by atoms with E-state index in [2.05, 4.69) is 20.4 Å². The lowest BCUT2D eigenvalue weighted by Crippen LogP contribution is -2.08. The molecule has 2 heterocycles. The number of hydrogen-bond donors (Lipinski definition) is 3. The van der Waals surface area contributed by atoms with Gasteiger partial charge in [-0.1, -0.05) is 24.3 Å². The first-order valence-corrected chi connectivity index (χ1v) is 8.68. The third-order valence-corrected chi connectivity index (χ3v) is 4.37. The molecule has 4 rings (SSSR count). The molecule has 0 saturated carbocycles. The van der Waals surface area contributed by atoms with E-state index >= 15 is 0 Å². The lowest BCUT2D eigenvalue weighted by molar-refractivity contribution is 0.194. The topological polar surface area (TPSA) is 119 Å². The number of fused-ring (bicyclic) bond motifs is 1. The second-order valence-corrected chi connectivity index (χ2v) is 6.41. The molecule has 0 saturated heterocycles. The van der Waals surface area contributed by atoms with E-state index in [1.54, 1.807) is 24.4 Å². The van der Waals surface area contributed by atoms with Crippen molar-refractivity contribution in [2.45, 2.75) is 13.0 Å². The second kappa shape index (κ2) is 7.09. The van der Waals surface area contributed by atoms with Gasteiger partial charge in [0.05, 0.1) is 11.7 Å². The third kappa shape index (κ3) is 3.40. The summed E-state index contributed by atoms with van der Waals surface area (Å²) >= 11 is 0. The van der Waals surface area contributed by atoms with Gasteiger partial charge in [-0.25, -0.2) is 14.8 Å². The van der Waals surface area contributed by atoms with E-state index in [0.29, 0.717) is 22.5 Å². The van der Waals surface area contributed by atoms with Crippen LogP contribution in [0.2, 0.25) is 0 Å². The Labute approximate surface area is 160 Å². The summed E-state index contributed by atoms with van der Waals surface area (Å²) in [6.07, 6.45) is 2.08. The molecule has 1 atom stereocenters. The van der Waals surface area contributed by atoms with Gasteiger partial charge in [0.2, 0.25) is 0 Å². The van der Waals surface area contributed by atoms with E-state index in [-0.39, 0.29) is 6.04 Å². The molecule has 0 amide bonds. The first-order valence-electron chi connectivity index (χ1n) is 8.68. The van der Waals surface area contributed by atoms with E-state index < -0.39 is 6.09 Å². The zero-order valence-electron chi connectivity index (χ0n) is 15.1. The summed E-state index contributed by atoms with van der Waals surface area (Å²) in [7, 11) is 0. The molecular formula is C20H18N6O2. The first-order chi connectivity index (χ1) is 13.5. The minimum absolute atomic E-state index is 0.0247. The summed E-state index contributed by atoms with van der Waals surface area (Å²) in [6, 6.07) is 14.9. The van der Waals surface area contributed by atoms with Crippen LogP contribution >= 0.6 is 0 Å². The maximum absolute atomic E-state index is 11.1. The van der Waals surface area contributed by atoms with Crippen molar-refractivity contribution in [1.82, 2.24) is 19.7 Å². The number of nitrogens with two attached hydrogens (primary N) is 1. The van der Waals surface area contributed by atoms with Crippen molar-refractivity contribution in [2.75, 3.05) is 5.32 Å². The Hall–Kier alpha value is -3.78. The van der Waals surface area contributed by atoms with Crippen LogP contribution in [-0.2, 0) is 0 Å². The number of hydrogen-bond acceptors (Lipinski definition) is 6. The van der Waals surface area contributed by atoms with Gasteiger partial charge in [0, 0.05) is 28.9 Å². The number of carbonyl (C=O) groups is 1. The highest BCUT2D eigenvalue weighted by molar-refractivity contribution is 5.89. The molecule has 8 heteroatoms. The number of nitrogens with zero attached hydrogens (tertiary/aromatic N) is 4. The standard InChI is InChI=1S/C20H18N6O2/c1-12(21)13-2-4-14(5-3-13)19-22-9-8-18(25-19)24-16-6-7-17-15(10-16)11-23-26(17)20(27)28/h2-12H,21H2,1H3,(H,27,28)(H,22,24,25). The average molecular weight is 374 g/mol. The van der Waals surface area contributed by atoms with E-state index in [4.69, 9.17) is 10.8 Å². The van der Waals surface area contributed by atoms with E-state index in [0.717, 1.165) is 21.5 Å². The van der Waals surface area contributed by atoms with Crippen LogP contribution in [0.25, 0.3) is 22.3 Å². The Morgan fingerprint density at radius 2 is 1.96 bits per heavy atom. The Kier molecular flexibility index (Phi) is 4.46. The zero-order valence-corrected chi connectivity index (χ0v) is 15.1. The number of aromatic nitrogens is 4. The molecule has 0 spiro atoms. The van der Waals surface area contributed by atoms with Crippen LogP contribution in [0.1, 0.15) is 18.5 Å². The number of benzene rings is 2. The van der Waals surface area contributed by atoms with Gasteiger partial charge in [-0.3, -0.25) is 0 Å². The molecule has 2 aromatic carbocycles. The Morgan fingerprint density at radius 1 is 1.18 bits per heavy atom. The Morgan fingerprint density at radius 3 is 2.68 bits per heavy atom. The fraction of sp³-hybridized carbons (Fsp3) is 0.100. The Bertz CT molecular complexity index is 1150. The highest BCUT2D eigenvalue weighted by atomic mass is 16.4. The van der Waals surface area contributed by atoms with Crippen molar-refractivity contribution < 1.29 is 9.90 Å². The minimum atomic E-state index is -1.12. The molecule has 140 valence electrons. The van der Waals surface area contributed by atoms with Gasteiger partial charge in [-0.15, -0.1) is 0 Å². The van der Waals surface area contributed by atoms with Crippen molar-refractivity contribution in [1.29, 1.82) is 0 Å². The van der Waals surface area contributed by atoms with Gasteiger partial charge < -0.3 is 16.2 Å². The average Bonchev–Trinajstić information content (AvgIpc) is 3.12. The second-order valence-electron chi connectivity index (χ2n) is 6.41. The molecule has 0 aliphatic heterocycles. The van der Waals surface area contributed by atoms with Crippen LogP contribution in [0.3, 0.4) is 0 Å². The summed E-state index contributed by atoms with van der Waals surface area (Å²) < 4.78 is 0.938. The van der Waals surface area contributed by atoms with Crippen LogP contribution in [0.4, 0.5) is 16.3 Å². The van der Waals surface area contributed by atoms with Crippen molar-refractivity contribution in [3.63, 3.8) is 0 Å². The summed E-state index contributed by atoms with van der Waals surface area (Å²) in [5.74, 6) is 1.23. The zero-order chi connectivity index (χ0) is 19.7. The lowest BCUT2D eigenvalue weighted by atomic mass is 10.1. The van der Waals surface area contributed by atoms with Gasteiger partial charge in [0.15, 0.2) is 5.82 Å². The SMILES string of the molecule is CC(N)c1ccc(-c2nccc(Nc3ccc4c(cnn4C(=O)O)c3)n2)cc1. The molecular weight excluding hydrogens is 356 g/mol. The van der Waals surface area contributed by atoms with Crippen molar-refractivity contribution in [2.24, 2.45) is 5.73 Å². The minimum Gasteiger partial charge on any atom is -0.463 e. The molecule has 0 bridgehead atoms. The first kappa shape index (κ1) is 17.6. The van der Waals surface area contributed by atoms with Crippen LogP contribution in [0.5, 0.6) is 0 Å². The summed E-state index contributed by atoms with van der Waals surface area (Å²) in [4.78, 5) is 20.0. The number of anilines is 2. The van der Waals surface area contributed by atoms with Gasteiger partial charge in [0.25, 0.3) is 0 Å². The molecule has 28 heavy (non-hydrogen) atoms. The lowest BCUT2D eigenvalue weighted by Gasteiger charge is -2.09. The quantitative estimate of drug-likeness (QED) is 0.497. The highest BCUT2D eigenvalue weighted by Crippen LogP contribution is 2.23. The van der Waals surface area contributed by atoms with Crippen LogP contribution < -0.4 is 11.1 Å².